The van der Waals surface area contributed by atoms with Crippen LogP contribution in [0, 0.1) is 36.5 Å². The number of fused-ring (bicyclic) bond motifs is 2. The number of thioether (sulfide) groups is 2. The van der Waals surface area contributed by atoms with E-state index in [1.807, 2.05) is 24.5 Å². The molecule has 0 aliphatic rings. The van der Waals surface area contributed by atoms with Crippen LogP contribution in [0.1, 0.15) is 0 Å². The predicted octanol–water partition coefficient (Wildman–Crippen LogP) is 4.43. The molecule has 4 rings (SSSR count). The molecule has 0 atom stereocenters. The molecule has 2 nitrogen and oxygen atoms in total. The molecule has 6 heteroatoms. The van der Waals surface area contributed by atoms with Gasteiger partial charge in [-0.15, -0.1) is 0 Å². The molecule has 2 heterocycles. The van der Waals surface area contributed by atoms with Crippen LogP contribution >= 0.6 is 23.5 Å². The van der Waals surface area contributed by atoms with E-state index in [0.29, 0.717) is 11.5 Å². The molecular formula is C28H20N2S2Se2. The van der Waals surface area contributed by atoms with Crippen LogP contribution in [0.5, 0.6) is 0 Å². The van der Waals surface area contributed by atoms with Gasteiger partial charge in [0.05, 0.1) is 0 Å². The third-order valence-electron chi connectivity index (χ3n) is 4.71. The van der Waals surface area contributed by atoms with Gasteiger partial charge in [-0.2, -0.15) is 0 Å². The zero-order valence-corrected chi connectivity index (χ0v) is 23.3. The van der Waals surface area contributed by atoms with Crippen LogP contribution in [-0.2, 0) is 0 Å². The minimum absolute atomic E-state index is 0.233. The molecule has 166 valence electrons. The maximum absolute atomic E-state index is 5.49. The Morgan fingerprint density at radius 3 is 1.56 bits per heavy atom. The van der Waals surface area contributed by atoms with Crippen molar-refractivity contribution in [2.75, 3.05) is 11.5 Å². The molecule has 0 aliphatic carbocycles. The van der Waals surface area contributed by atoms with Crippen LogP contribution in [0.25, 0.3) is 21.8 Å². The number of terminal acetylenes is 2. The number of hydrogen-bond donors (Lipinski definition) is 0. The van der Waals surface area contributed by atoms with Crippen LogP contribution in [0.2, 0.25) is 10.6 Å². The van der Waals surface area contributed by atoms with Gasteiger partial charge in [0.1, 0.15) is 0 Å². The summed E-state index contributed by atoms with van der Waals surface area (Å²) in [6.45, 7) is 0. The average molecular weight is 607 g/mol. The molecule has 0 spiro atoms. The topological polar surface area (TPSA) is 25.8 Å². The van der Waals surface area contributed by atoms with Crippen LogP contribution in [0.3, 0.4) is 0 Å². The van der Waals surface area contributed by atoms with Crippen LogP contribution in [0.4, 0.5) is 0 Å². The van der Waals surface area contributed by atoms with E-state index in [9.17, 15) is 0 Å². The normalized spacial score (nSPS) is 10.4. The maximum atomic E-state index is 5.49. The summed E-state index contributed by atoms with van der Waals surface area (Å²) < 4.78 is 2.71. The Bertz CT molecular complexity index is 1350. The average Bonchev–Trinajstić information content (AvgIpc) is 2.88. The second kappa shape index (κ2) is 13.0. The van der Waals surface area contributed by atoms with E-state index in [2.05, 4.69) is 70.0 Å². The van der Waals surface area contributed by atoms with Gasteiger partial charge in [-0.25, -0.2) is 0 Å². The van der Waals surface area contributed by atoms with Crippen LogP contribution < -0.4 is 8.92 Å². The Hall–Kier alpha value is -2.32. The van der Waals surface area contributed by atoms with Gasteiger partial charge < -0.3 is 0 Å². The third kappa shape index (κ3) is 6.21. The molecular weight excluding hydrogens is 586 g/mol. The molecule has 2 aromatic heterocycles. The molecule has 4 aromatic rings. The number of aromatic nitrogens is 2. The quantitative estimate of drug-likeness (QED) is 0.169. The first kappa shape index (κ1) is 24.8. The number of benzene rings is 2. The Labute approximate surface area is 222 Å². The zero-order chi connectivity index (χ0) is 23.6. The Kier molecular flexibility index (Phi) is 9.44. The summed E-state index contributed by atoms with van der Waals surface area (Å²) in [6, 6.07) is 16.6. The van der Waals surface area contributed by atoms with Gasteiger partial charge in [0, 0.05) is 0 Å². The van der Waals surface area contributed by atoms with Gasteiger partial charge in [0.2, 0.25) is 0 Å². The molecule has 0 radical (unpaired) electrons. The molecule has 0 saturated carbocycles. The number of nitrogens with zero attached hydrogens (tertiary/aromatic N) is 2. The third-order valence-corrected chi connectivity index (χ3v) is 11.4. The van der Waals surface area contributed by atoms with Gasteiger partial charge in [0.25, 0.3) is 0 Å². The number of hydrogen-bond acceptors (Lipinski definition) is 4. The fourth-order valence-electron chi connectivity index (χ4n) is 3.26. The summed E-state index contributed by atoms with van der Waals surface area (Å²) in [7, 11) is 0. The second-order valence-electron chi connectivity index (χ2n) is 6.85. The number of para-hydroxylation sites is 2. The van der Waals surface area contributed by atoms with E-state index in [0.717, 1.165) is 21.7 Å². The monoisotopic (exact) mass is 608 g/mol. The summed E-state index contributed by atoms with van der Waals surface area (Å²) in [5.41, 5.74) is 2.06. The first-order valence-corrected chi connectivity index (χ1v) is 16.5. The van der Waals surface area contributed by atoms with Crippen molar-refractivity contribution in [1.29, 1.82) is 0 Å². The molecule has 0 amide bonds. The molecule has 2 aromatic carbocycles. The Balaban J connectivity index is 1.47. The molecule has 0 unspecified atom stereocenters. The van der Waals surface area contributed by atoms with Crippen molar-refractivity contribution in [3.63, 3.8) is 0 Å². The van der Waals surface area contributed by atoms with E-state index in [1.54, 1.807) is 23.5 Å². The van der Waals surface area contributed by atoms with Gasteiger partial charge >= 0.3 is 224 Å². The van der Waals surface area contributed by atoms with Crippen molar-refractivity contribution in [2.45, 2.75) is 20.4 Å². The van der Waals surface area contributed by atoms with Crippen LogP contribution in [-0.4, -0.2) is 51.4 Å². The van der Waals surface area contributed by atoms with Crippen molar-refractivity contribution in [2.24, 2.45) is 0 Å². The minimum atomic E-state index is 0.233. The summed E-state index contributed by atoms with van der Waals surface area (Å²) in [4.78, 5) is 11.6. The van der Waals surface area contributed by atoms with E-state index >= 15 is 0 Å². The van der Waals surface area contributed by atoms with Gasteiger partial charge in [-0.3, -0.25) is 0 Å². The molecule has 34 heavy (non-hydrogen) atoms. The van der Waals surface area contributed by atoms with Crippen molar-refractivity contribution in [3.8, 4) is 36.5 Å². The predicted molar refractivity (Wildman–Crippen MR) is 151 cm³/mol. The van der Waals surface area contributed by atoms with E-state index in [-0.39, 0.29) is 29.9 Å². The molecule has 0 bridgehead atoms. The van der Waals surface area contributed by atoms with Crippen molar-refractivity contribution in [1.82, 2.24) is 9.97 Å². The zero-order valence-electron chi connectivity index (χ0n) is 18.3. The second-order valence-corrected chi connectivity index (χ2v) is 13.0. The summed E-state index contributed by atoms with van der Waals surface area (Å²) in [5, 5.41) is 4.18. The van der Waals surface area contributed by atoms with Crippen molar-refractivity contribution in [3.05, 3.63) is 60.9 Å². The summed E-state index contributed by atoms with van der Waals surface area (Å²) in [6.07, 6.45) is 14.9. The van der Waals surface area contributed by atoms with Crippen molar-refractivity contribution >= 4 is 84.2 Å². The molecule has 0 N–H and O–H groups in total. The summed E-state index contributed by atoms with van der Waals surface area (Å²) in [5.74, 6) is 13.6. The standard InChI is InChI=1S/C28H20N2S2Se2/c1-3-15-31-25-19-29-23-13-7-5-11-21(23)27(25)33-17-9-10-18-34-28-22-12-6-8-14-24(22)30-20-26(28)32-16-4-2/h1-2,5-8,11-14,19-20H,15-18H2. The molecule has 0 saturated heterocycles. The first-order chi connectivity index (χ1) is 16.8. The molecule has 0 fully saturated rings. The fraction of sp³-hybridized carbons (Fsp3) is 0.143. The first-order valence-electron chi connectivity index (χ1n) is 10.4. The summed E-state index contributed by atoms with van der Waals surface area (Å²) >= 11 is 3.84. The number of pyridine rings is 2. The Morgan fingerprint density at radius 1 is 0.676 bits per heavy atom. The van der Waals surface area contributed by atoms with Gasteiger partial charge in [-0.1, -0.05) is 0 Å². The fourth-order valence-corrected chi connectivity index (χ4v) is 9.36. The van der Waals surface area contributed by atoms with Crippen molar-refractivity contribution < 1.29 is 0 Å². The molecule has 0 aliphatic heterocycles. The van der Waals surface area contributed by atoms with Crippen LogP contribution in [0.15, 0.2) is 70.7 Å². The van der Waals surface area contributed by atoms with E-state index in [1.165, 1.54) is 29.5 Å². The van der Waals surface area contributed by atoms with Gasteiger partial charge in [0.15, 0.2) is 0 Å². The van der Waals surface area contributed by atoms with E-state index < -0.39 is 0 Å². The van der Waals surface area contributed by atoms with Gasteiger partial charge in [-0.05, 0) is 0 Å². The van der Waals surface area contributed by atoms with E-state index in [4.69, 9.17) is 12.8 Å². The SMILES string of the molecule is C#CCSc1cnc2ccccc2c1[Se]CC#CC[Se]c1c(SCC#C)cnc2ccccc12. The number of rotatable bonds is 8. The Morgan fingerprint density at radius 2 is 1.12 bits per heavy atom.